The van der Waals surface area contributed by atoms with E-state index in [1.54, 1.807) is 12.1 Å². The number of rotatable bonds is 17. The van der Waals surface area contributed by atoms with Crippen LogP contribution in [0, 0.1) is 18.3 Å². The molecule has 2 aliphatic rings. The number of benzene rings is 3. The molecule has 0 aromatic heterocycles. The lowest BCUT2D eigenvalue weighted by atomic mass is 10.0. The van der Waals surface area contributed by atoms with Crippen molar-refractivity contribution in [2.24, 2.45) is 11.3 Å². The maximum atomic E-state index is 13.5. The standard InChI is InChI=1S/C39H48N2O8/c1-27-19-33(46-22-28-11-7-5-8-12-28)34(47-23-29-13-9-6-10-14-29)20-32(27)36(43)48-25-31(49-37(44)39(4)16-17-39)21-41-38(2,3)26-40-35(42)30-15-18-45-24-30/h5-14,19-20,30-31,41H,15-18,21-26H2,1-4H3,(H,40,42)/t30?,31-/m0/s1. The van der Waals surface area contributed by atoms with Crippen LogP contribution < -0.4 is 20.1 Å². The van der Waals surface area contributed by atoms with Crippen molar-refractivity contribution >= 4 is 17.8 Å². The summed E-state index contributed by atoms with van der Waals surface area (Å²) in [7, 11) is 0. The first-order chi connectivity index (χ1) is 23.5. The highest BCUT2D eigenvalue weighted by molar-refractivity contribution is 5.92. The first kappa shape index (κ1) is 35.9. The Morgan fingerprint density at radius 2 is 1.55 bits per heavy atom. The summed E-state index contributed by atoms with van der Waals surface area (Å²) in [6.45, 7) is 9.68. The first-order valence-electron chi connectivity index (χ1n) is 17.0. The zero-order valence-corrected chi connectivity index (χ0v) is 28.9. The molecule has 1 saturated heterocycles. The summed E-state index contributed by atoms with van der Waals surface area (Å²) in [5.74, 6) is -0.129. The fourth-order valence-electron chi connectivity index (χ4n) is 5.29. The molecule has 1 saturated carbocycles. The molecule has 5 rings (SSSR count). The number of nitrogens with one attached hydrogen (secondary N) is 2. The minimum absolute atomic E-state index is 0.0371. The van der Waals surface area contributed by atoms with Crippen molar-refractivity contribution in [2.45, 2.75) is 71.8 Å². The van der Waals surface area contributed by atoms with Crippen LogP contribution >= 0.6 is 0 Å². The molecule has 2 fully saturated rings. The molecular formula is C39H48N2O8. The van der Waals surface area contributed by atoms with Crippen molar-refractivity contribution in [3.05, 3.63) is 95.1 Å². The highest BCUT2D eigenvalue weighted by atomic mass is 16.6. The molecule has 10 heteroatoms. The number of amides is 1. The van der Waals surface area contributed by atoms with Gasteiger partial charge in [-0.3, -0.25) is 9.59 Å². The molecule has 262 valence electrons. The largest absolute Gasteiger partial charge is 0.485 e. The van der Waals surface area contributed by atoms with Gasteiger partial charge >= 0.3 is 11.9 Å². The monoisotopic (exact) mass is 672 g/mol. The van der Waals surface area contributed by atoms with Crippen LogP contribution in [0.3, 0.4) is 0 Å². The molecule has 1 heterocycles. The van der Waals surface area contributed by atoms with Gasteiger partial charge in [-0.1, -0.05) is 60.7 Å². The van der Waals surface area contributed by atoms with Gasteiger partial charge in [-0.05, 0) is 75.8 Å². The van der Waals surface area contributed by atoms with Gasteiger partial charge in [0.05, 0.1) is 23.5 Å². The molecule has 2 atom stereocenters. The summed E-state index contributed by atoms with van der Waals surface area (Å²) in [4.78, 5) is 39.0. The molecule has 0 bridgehead atoms. The lowest BCUT2D eigenvalue weighted by Gasteiger charge is -2.30. The Balaban J connectivity index is 1.25. The second-order valence-electron chi connectivity index (χ2n) is 13.9. The number of aryl methyl sites for hydroxylation is 1. The van der Waals surface area contributed by atoms with Gasteiger partial charge in [-0.25, -0.2) is 4.79 Å². The van der Waals surface area contributed by atoms with E-state index in [4.69, 9.17) is 23.7 Å². The van der Waals surface area contributed by atoms with Crippen molar-refractivity contribution in [3.8, 4) is 11.5 Å². The summed E-state index contributed by atoms with van der Waals surface area (Å²) in [6.07, 6.45) is 1.50. The van der Waals surface area contributed by atoms with Crippen LogP contribution in [0.25, 0.3) is 0 Å². The van der Waals surface area contributed by atoms with Gasteiger partial charge in [-0.15, -0.1) is 0 Å². The average molecular weight is 673 g/mol. The highest BCUT2D eigenvalue weighted by Gasteiger charge is 2.47. The lowest BCUT2D eigenvalue weighted by Crippen LogP contribution is -2.53. The van der Waals surface area contributed by atoms with Gasteiger partial charge < -0.3 is 34.3 Å². The number of ether oxygens (including phenoxy) is 5. The van der Waals surface area contributed by atoms with Gasteiger partial charge in [0.2, 0.25) is 5.91 Å². The molecule has 3 aromatic rings. The Bertz CT molecular complexity index is 1570. The van der Waals surface area contributed by atoms with Gasteiger partial charge in [0.1, 0.15) is 25.9 Å². The summed E-state index contributed by atoms with van der Waals surface area (Å²) >= 11 is 0. The summed E-state index contributed by atoms with van der Waals surface area (Å²) in [5, 5.41) is 6.38. The normalized spacial score (nSPS) is 17.1. The van der Waals surface area contributed by atoms with E-state index in [-0.39, 0.29) is 37.6 Å². The van der Waals surface area contributed by atoms with E-state index < -0.39 is 23.0 Å². The minimum atomic E-state index is -0.741. The summed E-state index contributed by atoms with van der Waals surface area (Å²) in [6, 6.07) is 23.0. The van der Waals surface area contributed by atoms with Crippen LogP contribution in [0.1, 0.15) is 67.1 Å². The third-order valence-corrected chi connectivity index (χ3v) is 8.97. The van der Waals surface area contributed by atoms with Crippen molar-refractivity contribution in [1.82, 2.24) is 10.6 Å². The number of carbonyl (C=O) groups is 3. The molecule has 1 amide bonds. The Morgan fingerprint density at radius 1 is 0.939 bits per heavy atom. The molecule has 0 radical (unpaired) electrons. The van der Waals surface area contributed by atoms with E-state index in [1.165, 1.54) is 0 Å². The molecule has 1 unspecified atom stereocenters. The Morgan fingerprint density at radius 3 is 2.12 bits per heavy atom. The Hall–Kier alpha value is -4.41. The van der Waals surface area contributed by atoms with Crippen molar-refractivity contribution in [2.75, 3.05) is 32.9 Å². The van der Waals surface area contributed by atoms with Crippen molar-refractivity contribution < 1.29 is 38.1 Å². The predicted octanol–water partition coefficient (Wildman–Crippen LogP) is 5.54. The van der Waals surface area contributed by atoms with Crippen LogP contribution in [-0.2, 0) is 37.0 Å². The van der Waals surface area contributed by atoms with Crippen LogP contribution in [-0.4, -0.2) is 62.4 Å². The maximum Gasteiger partial charge on any atom is 0.338 e. The van der Waals surface area contributed by atoms with E-state index in [1.807, 2.05) is 88.4 Å². The highest BCUT2D eigenvalue weighted by Crippen LogP contribution is 2.46. The molecule has 10 nitrogen and oxygen atoms in total. The smallest absolute Gasteiger partial charge is 0.338 e. The summed E-state index contributed by atoms with van der Waals surface area (Å²) < 4.78 is 29.3. The molecular weight excluding hydrogens is 624 g/mol. The molecule has 1 aliphatic carbocycles. The SMILES string of the molecule is Cc1cc(OCc2ccccc2)c(OCc2ccccc2)cc1C(=O)OC[C@H](CNC(C)(C)CNC(=O)C1CCOC1)OC(=O)C1(C)CC1. The van der Waals surface area contributed by atoms with E-state index in [2.05, 4.69) is 10.6 Å². The summed E-state index contributed by atoms with van der Waals surface area (Å²) in [5.41, 5.74) is 1.91. The van der Waals surface area contributed by atoms with E-state index in [0.29, 0.717) is 55.4 Å². The quantitative estimate of drug-likeness (QED) is 0.178. The Kier molecular flexibility index (Phi) is 12.0. The zero-order valence-electron chi connectivity index (χ0n) is 28.9. The molecule has 2 N–H and O–H groups in total. The van der Waals surface area contributed by atoms with E-state index in [9.17, 15) is 14.4 Å². The number of hydrogen-bond acceptors (Lipinski definition) is 9. The van der Waals surface area contributed by atoms with Crippen molar-refractivity contribution in [3.63, 3.8) is 0 Å². The third-order valence-electron chi connectivity index (χ3n) is 8.97. The topological polar surface area (TPSA) is 121 Å². The predicted molar refractivity (Wildman–Crippen MR) is 184 cm³/mol. The van der Waals surface area contributed by atoms with E-state index in [0.717, 1.165) is 24.0 Å². The molecule has 0 spiro atoms. The van der Waals surface area contributed by atoms with Crippen LogP contribution in [0.5, 0.6) is 11.5 Å². The van der Waals surface area contributed by atoms with Crippen LogP contribution in [0.4, 0.5) is 0 Å². The van der Waals surface area contributed by atoms with Gasteiger partial charge in [0, 0.05) is 25.2 Å². The fourth-order valence-corrected chi connectivity index (χ4v) is 5.29. The first-order valence-corrected chi connectivity index (χ1v) is 17.0. The van der Waals surface area contributed by atoms with Crippen molar-refractivity contribution in [1.29, 1.82) is 0 Å². The molecule has 3 aromatic carbocycles. The van der Waals surface area contributed by atoms with Crippen LogP contribution in [0.2, 0.25) is 0 Å². The van der Waals surface area contributed by atoms with Crippen LogP contribution in [0.15, 0.2) is 72.8 Å². The average Bonchev–Trinajstić information content (AvgIpc) is 3.62. The number of esters is 2. The van der Waals surface area contributed by atoms with Gasteiger partial charge in [-0.2, -0.15) is 0 Å². The van der Waals surface area contributed by atoms with Gasteiger partial charge in [0.15, 0.2) is 11.5 Å². The van der Waals surface area contributed by atoms with E-state index >= 15 is 0 Å². The maximum absolute atomic E-state index is 13.5. The lowest BCUT2D eigenvalue weighted by molar-refractivity contribution is -0.157. The molecule has 49 heavy (non-hydrogen) atoms. The second kappa shape index (κ2) is 16.3. The second-order valence-corrected chi connectivity index (χ2v) is 13.9. The minimum Gasteiger partial charge on any atom is -0.485 e. The Labute approximate surface area is 288 Å². The fraction of sp³-hybridized carbons (Fsp3) is 0.462. The zero-order chi connectivity index (χ0) is 34.9. The third kappa shape index (κ3) is 10.5. The van der Waals surface area contributed by atoms with Gasteiger partial charge in [0.25, 0.3) is 0 Å². The number of carbonyl (C=O) groups excluding carboxylic acids is 3. The number of hydrogen-bond donors (Lipinski definition) is 2. The molecule has 1 aliphatic heterocycles.